The number of aromatic nitrogens is 2. The van der Waals surface area contributed by atoms with Crippen molar-refractivity contribution in [2.24, 2.45) is 12.5 Å². The van der Waals surface area contributed by atoms with Gasteiger partial charge in [0.25, 0.3) is 0 Å². The molecule has 1 aliphatic rings. The molecule has 6 nitrogen and oxygen atoms in total. The van der Waals surface area contributed by atoms with Crippen molar-refractivity contribution in [3.63, 3.8) is 0 Å². The van der Waals surface area contributed by atoms with Crippen molar-refractivity contribution in [2.75, 3.05) is 18.4 Å². The van der Waals surface area contributed by atoms with E-state index in [1.165, 1.54) is 0 Å². The fraction of sp³-hybridized carbons (Fsp3) is 0.421. The zero-order valence-electron chi connectivity index (χ0n) is 14.7. The summed E-state index contributed by atoms with van der Waals surface area (Å²) in [5, 5.41) is 7.13. The van der Waals surface area contributed by atoms with Gasteiger partial charge in [-0.3, -0.25) is 14.3 Å². The molecule has 1 saturated heterocycles. The van der Waals surface area contributed by atoms with E-state index >= 15 is 0 Å². The molecule has 0 unspecified atom stereocenters. The first-order valence-corrected chi connectivity index (χ1v) is 8.59. The zero-order chi connectivity index (χ0) is 17.9. The maximum absolute atomic E-state index is 13.2. The summed E-state index contributed by atoms with van der Waals surface area (Å²) in [6.07, 6.45) is 3.65. The van der Waals surface area contributed by atoms with Crippen molar-refractivity contribution in [1.29, 1.82) is 0 Å². The monoisotopic (exact) mass is 340 g/mol. The molecule has 1 fully saturated rings. The Hall–Kier alpha value is -2.63. The number of rotatable bonds is 4. The van der Waals surface area contributed by atoms with Crippen LogP contribution in [-0.4, -0.2) is 39.6 Å². The Balaban J connectivity index is 1.83. The van der Waals surface area contributed by atoms with Crippen molar-refractivity contribution in [1.82, 2.24) is 14.7 Å². The molecule has 0 bridgehead atoms. The van der Waals surface area contributed by atoms with Gasteiger partial charge in [-0.05, 0) is 24.8 Å². The van der Waals surface area contributed by atoms with E-state index < -0.39 is 5.41 Å². The molecule has 2 amide bonds. The van der Waals surface area contributed by atoms with Crippen LogP contribution in [0.3, 0.4) is 0 Å². The first kappa shape index (κ1) is 17.2. The number of piperidine rings is 1. The lowest BCUT2D eigenvalue weighted by molar-refractivity contribution is -0.136. The van der Waals surface area contributed by atoms with Gasteiger partial charge in [0.15, 0.2) is 0 Å². The van der Waals surface area contributed by atoms with E-state index in [9.17, 15) is 9.59 Å². The van der Waals surface area contributed by atoms with Gasteiger partial charge >= 0.3 is 0 Å². The van der Waals surface area contributed by atoms with Gasteiger partial charge < -0.3 is 10.2 Å². The Morgan fingerprint density at radius 2 is 1.84 bits per heavy atom. The molecular weight excluding hydrogens is 316 g/mol. The number of nitrogens with one attached hydrogen (secondary N) is 1. The Bertz CT molecular complexity index is 746. The van der Waals surface area contributed by atoms with E-state index in [2.05, 4.69) is 22.5 Å². The molecule has 3 rings (SSSR count). The molecule has 1 N–H and O–H groups in total. The number of hydrogen-bond donors (Lipinski definition) is 1. The van der Waals surface area contributed by atoms with Crippen LogP contribution >= 0.6 is 0 Å². The van der Waals surface area contributed by atoms with E-state index in [-0.39, 0.29) is 11.8 Å². The number of likely N-dealkylation sites (tertiary alicyclic amines) is 1. The largest absolute Gasteiger partial charge is 0.343 e. The topological polar surface area (TPSA) is 67.2 Å². The van der Waals surface area contributed by atoms with Gasteiger partial charge in [-0.2, -0.15) is 5.10 Å². The molecule has 6 heteroatoms. The van der Waals surface area contributed by atoms with Crippen LogP contribution < -0.4 is 5.32 Å². The fourth-order valence-corrected chi connectivity index (χ4v) is 3.47. The molecule has 0 atom stereocenters. The second kappa shape index (κ2) is 7.09. The SMILES string of the molecule is CC(=O)N1CCC(Cc2ccccc2)(C(=O)Nc2ccnn2C)CC1. The highest BCUT2D eigenvalue weighted by atomic mass is 16.2. The highest BCUT2D eigenvalue weighted by molar-refractivity contribution is 5.95. The maximum Gasteiger partial charge on any atom is 0.232 e. The van der Waals surface area contributed by atoms with Crippen LogP contribution in [0.5, 0.6) is 0 Å². The molecule has 0 spiro atoms. The van der Waals surface area contributed by atoms with E-state index in [0.29, 0.717) is 38.2 Å². The molecule has 1 aromatic heterocycles. The highest BCUT2D eigenvalue weighted by Gasteiger charge is 2.42. The first-order chi connectivity index (χ1) is 12.0. The second-order valence-electron chi connectivity index (χ2n) is 6.74. The number of carbonyl (C=O) groups excluding carboxylic acids is 2. The lowest BCUT2D eigenvalue weighted by Gasteiger charge is -2.40. The average molecular weight is 340 g/mol. The lowest BCUT2D eigenvalue weighted by atomic mass is 9.73. The third-order valence-electron chi connectivity index (χ3n) is 5.10. The minimum absolute atomic E-state index is 0.00292. The smallest absolute Gasteiger partial charge is 0.232 e. The van der Waals surface area contributed by atoms with Crippen molar-refractivity contribution >= 4 is 17.6 Å². The maximum atomic E-state index is 13.2. The molecule has 0 saturated carbocycles. The minimum Gasteiger partial charge on any atom is -0.343 e. The standard InChI is InChI=1S/C19H24N4O2/c1-15(24)23-12-9-19(10-13-23,14-16-6-4-3-5-7-16)18(25)21-17-8-11-20-22(17)2/h3-8,11H,9-10,12-14H2,1-2H3,(H,21,25). The fourth-order valence-electron chi connectivity index (χ4n) is 3.47. The number of nitrogens with zero attached hydrogens (tertiary/aromatic N) is 3. The van der Waals surface area contributed by atoms with Crippen LogP contribution in [0.2, 0.25) is 0 Å². The van der Waals surface area contributed by atoms with E-state index in [0.717, 1.165) is 5.56 Å². The molecule has 0 radical (unpaired) electrons. The van der Waals surface area contributed by atoms with E-state index in [4.69, 9.17) is 0 Å². The summed E-state index contributed by atoms with van der Waals surface area (Å²) in [5.41, 5.74) is 0.622. The predicted molar refractivity (Wildman–Crippen MR) is 95.9 cm³/mol. The number of aryl methyl sites for hydroxylation is 1. The normalized spacial score (nSPS) is 16.5. The molecule has 2 aromatic rings. The Labute approximate surface area is 147 Å². The molecule has 0 aliphatic carbocycles. The number of benzene rings is 1. The van der Waals surface area contributed by atoms with E-state index in [1.54, 1.807) is 30.9 Å². The summed E-state index contributed by atoms with van der Waals surface area (Å²) in [5.74, 6) is 0.759. The molecule has 2 heterocycles. The van der Waals surface area contributed by atoms with Crippen molar-refractivity contribution in [2.45, 2.75) is 26.2 Å². The molecule has 132 valence electrons. The van der Waals surface area contributed by atoms with Gasteiger partial charge in [-0.15, -0.1) is 0 Å². The molecule has 25 heavy (non-hydrogen) atoms. The minimum atomic E-state index is -0.516. The number of carbonyl (C=O) groups is 2. The lowest BCUT2D eigenvalue weighted by Crippen LogP contribution is -2.49. The summed E-state index contributed by atoms with van der Waals surface area (Å²) in [6, 6.07) is 11.9. The third-order valence-corrected chi connectivity index (χ3v) is 5.10. The van der Waals surface area contributed by atoms with Crippen LogP contribution in [0.4, 0.5) is 5.82 Å². The average Bonchev–Trinajstić information content (AvgIpc) is 3.01. The van der Waals surface area contributed by atoms with Crippen molar-refractivity contribution in [3.05, 3.63) is 48.2 Å². The quantitative estimate of drug-likeness (QED) is 0.928. The van der Waals surface area contributed by atoms with E-state index in [1.807, 2.05) is 23.1 Å². The Morgan fingerprint density at radius 1 is 1.16 bits per heavy atom. The van der Waals surface area contributed by atoms with Crippen LogP contribution in [0.25, 0.3) is 0 Å². The van der Waals surface area contributed by atoms with Gasteiger partial charge in [-0.1, -0.05) is 30.3 Å². The van der Waals surface area contributed by atoms with Crippen LogP contribution in [0.15, 0.2) is 42.6 Å². The highest BCUT2D eigenvalue weighted by Crippen LogP contribution is 2.36. The molecular formula is C19H24N4O2. The number of anilines is 1. The Kier molecular flexibility index (Phi) is 4.88. The Morgan fingerprint density at radius 3 is 2.40 bits per heavy atom. The summed E-state index contributed by atoms with van der Waals surface area (Å²) in [4.78, 5) is 26.6. The van der Waals surface area contributed by atoms with Gasteiger partial charge in [0.05, 0.1) is 11.6 Å². The number of amides is 2. The number of hydrogen-bond acceptors (Lipinski definition) is 3. The first-order valence-electron chi connectivity index (χ1n) is 8.59. The van der Waals surface area contributed by atoms with Crippen molar-refractivity contribution in [3.8, 4) is 0 Å². The van der Waals surface area contributed by atoms with Gasteiger partial charge in [0.2, 0.25) is 11.8 Å². The summed E-state index contributed by atoms with van der Waals surface area (Å²) in [6.45, 7) is 2.81. The third kappa shape index (κ3) is 3.73. The summed E-state index contributed by atoms with van der Waals surface area (Å²) >= 11 is 0. The van der Waals surface area contributed by atoms with Crippen LogP contribution in [0, 0.1) is 5.41 Å². The van der Waals surface area contributed by atoms with Crippen molar-refractivity contribution < 1.29 is 9.59 Å². The zero-order valence-corrected chi connectivity index (χ0v) is 14.7. The predicted octanol–water partition coefficient (Wildman–Crippen LogP) is 2.23. The van der Waals surface area contributed by atoms with Gasteiger partial charge in [-0.25, -0.2) is 0 Å². The second-order valence-corrected chi connectivity index (χ2v) is 6.74. The van der Waals surface area contributed by atoms with Gasteiger partial charge in [0, 0.05) is 33.1 Å². The molecule has 1 aromatic carbocycles. The van der Waals surface area contributed by atoms with Crippen LogP contribution in [0.1, 0.15) is 25.3 Å². The van der Waals surface area contributed by atoms with Crippen LogP contribution in [-0.2, 0) is 23.1 Å². The van der Waals surface area contributed by atoms with Gasteiger partial charge in [0.1, 0.15) is 5.82 Å². The summed E-state index contributed by atoms with van der Waals surface area (Å²) < 4.78 is 1.65. The molecule has 1 aliphatic heterocycles. The summed E-state index contributed by atoms with van der Waals surface area (Å²) in [7, 11) is 1.80.